The first-order valence-corrected chi connectivity index (χ1v) is 8.48. The van der Waals surface area contributed by atoms with Crippen LogP contribution in [0.25, 0.3) is 0 Å². The normalized spacial score (nSPS) is 20.0. The van der Waals surface area contributed by atoms with Crippen LogP contribution in [0.5, 0.6) is 0 Å². The van der Waals surface area contributed by atoms with E-state index in [0.717, 1.165) is 13.0 Å². The maximum atomic E-state index is 9.92. The largest absolute Gasteiger partial charge is 0.394 e. The first-order chi connectivity index (χ1) is 11.3. The van der Waals surface area contributed by atoms with Crippen molar-refractivity contribution in [1.82, 2.24) is 10.0 Å². The van der Waals surface area contributed by atoms with Crippen molar-refractivity contribution in [3.05, 3.63) is 71.8 Å². The van der Waals surface area contributed by atoms with E-state index in [-0.39, 0.29) is 12.6 Å². The molecule has 0 aromatic heterocycles. The van der Waals surface area contributed by atoms with E-state index in [1.165, 1.54) is 24.0 Å². The van der Waals surface area contributed by atoms with Crippen LogP contribution in [0, 0.1) is 0 Å². The van der Waals surface area contributed by atoms with Gasteiger partial charge in [-0.15, -0.1) is 0 Å². The fourth-order valence-corrected chi connectivity index (χ4v) is 3.62. The molecule has 2 aromatic carbocycles. The highest BCUT2D eigenvalue weighted by atomic mass is 16.3. The summed E-state index contributed by atoms with van der Waals surface area (Å²) in [4.78, 5) is 0. The second-order valence-electron chi connectivity index (χ2n) is 6.33. The van der Waals surface area contributed by atoms with Gasteiger partial charge in [-0.2, -0.15) is 0 Å². The van der Waals surface area contributed by atoms with Gasteiger partial charge in [0.05, 0.1) is 12.6 Å². The Kier molecular flexibility index (Phi) is 5.44. The molecule has 0 radical (unpaired) electrons. The number of hydrogen-bond acceptors (Lipinski definition) is 3. The van der Waals surface area contributed by atoms with Crippen molar-refractivity contribution in [2.24, 2.45) is 0 Å². The Morgan fingerprint density at radius 1 is 1.09 bits per heavy atom. The Bertz CT molecular complexity index is 587. The number of nitrogens with zero attached hydrogens (tertiary/aromatic N) is 2. The Hall–Kier alpha value is -1.68. The third-order valence-electron chi connectivity index (χ3n) is 4.87. The fourth-order valence-electron chi connectivity index (χ4n) is 3.62. The van der Waals surface area contributed by atoms with Gasteiger partial charge in [-0.3, -0.25) is 0 Å². The Morgan fingerprint density at radius 3 is 2.39 bits per heavy atom. The summed E-state index contributed by atoms with van der Waals surface area (Å²) in [5.74, 6) is 0. The van der Waals surface area contributed by atoms with Crippen molar-refractivity contribution in [1.29, 1.82) is 0 Å². The molecular weight excluding hydrogens is 284 g/mol. The smallest absolute Gasteiger partial charge is 0.0723 e. The predicted octanol–water partition coefficient (Wildman–Crippen LogP) is 3.27. The van der Waals surface area contributed by atoms with Crippen molar-refractivity contribution >= 4 is 0 Å². The molecule has 1 aliphatic heterocycles. The first-order valence-electron chi connectivity index (χ1n) is 8.48. The lowest BCUT2D eigenvalue weighted by molar-refractivity contribution is -0.0643. The van der Waals surface area contributed by atoms with E-state index in [1.807, 2.05) is 18.2 Å². The molecule has 1 aliphatic rings. The monoisotopic (exact) mass is 310 g/mol. The molecule has 3 heteroatoms. The van der Waals surface area contributed by atoms with E-state index >= 15 is 0 Å². The summed E-state index contributed by atoms with van der Waals surface area (Å²) in [7, 11) is 2.11. The van der Waals surface area contributed by atoms with Gasteiger partial charge >= 0.3 is 0 Å². The maximum absolute atomic E-state index is 9.92. The Balaban J connectivity index is 1.73. The zero-order valence-corrected chi connectivity index (χ0v) is 13.8. The number of aliphatic hydroxyl groups excluding tert-OH is 1. The molecule has 122 valence electrons. The lowest BCUT2D eigenvalue weighted by Gasteiger charge is -2.38. The van der Waals surface area contributed by atoms with Crippen LogP contribution in [0.2, 0.25) is 0 Å². The zero-order chi connectivity index (χ0) is 16.1. The van der Waals surface area contributed by atoms with Gasteiger partial charge in [0, 0.05) is 19.6 Å². The van der Waals surface area contributed by atoms with Crippen LogP contribution in [0.1, 0.15) is 30.0 Å². The molecule has 23 heavy (non-hydrogen) atoms. The first kappa shape index (κ1) is 16.2. The molecule has 0 spiro atoms. The van der Waals surface area contributed by atoms with E-state index in [9.17, 15) is 5.11 Å². The van der Waals surface area contributed by atoms with Crippen LogP contribution >= 0.6 is 0 Å². The third kappa shape index (κ3) is 3.81. The van der Waals surface area contributed by atoms with Crippen LogP contribution in [0.4, 0.5) is 0 Å². The number of rotatable bonds is 6. The summed E-state index contributed by atoms with van der Waals surface area (Å²) >= 11 is 0. The average molecular weight is 310 g/mol. The number of hydrazine groups is 1. The molecule has 3 rings (SSSR count). The number of benzene rings is 2. The molecule has 2 atom stereocenters. The average Bonchev–Trinajstić information content (AvgIpc) is 3.05. The molecule has 3 nitrogen and oxygen atoms in total. The van der Waals surface area contributed by atoms with Crippen LogP contribution in [0.3, 0.4) is 0 Å². The van der Waals surface area contributed by atoms with Crippen molar-refractivity contribution in [3.63, 3.8) is 0 Å². The van der Waals surface area contributed by atoms with Crippen LogP contribution in [-0.4, -0.2) is 41.4 Å². The van der Waals surface area contributed by atoms with Crippen molar-refractivity contribution < 1.29 is 5.11 Å². The van der Waals surface area contributed by atoms with Crippen LogP contribution in [0.15, 0.2) is 60.7 Å². The fraction of sp³-hybridized carbons (Fsp3) is 0.400. The summed E-state index contributed by atoms with van der Waals surface area (Å²) in [6.45, 7) is 1.20. The van der Waals surface area contributed by atoms with Crippen LogP contribution < -0.4 is 0 Å². The van der Waals surface area contributed by atoms with E-state index in [4.69, 9.17) is 0 Å². The second kappa shape index (κ2) is 7.73. The molecule has 0 amide bonds. The summed E-state index contributed by atoms with van der Waals surface area (Å²) < 4.78 is 0. The predicted molar refractivity (Wildman–Crippen MR) is 93.9 cm³/mol. The van der Waals surface area contributed by atoms with E-state index in [2.05, 4.69) is 59.5 Å². The van der Waals surface area contributed by atoms with E-state index in [1.54, 1.807) is 0 Å². The van der Waals surface area contributed by atoms with Crippen molar-refractivity contribution in [3.8, 4) is 0 Å². The molecule has 0 aliphatic carbocycles. The lowest BCUT2D eigenvalue weighted by atomic mass is 10.0. The summed E-state index contributed by atoms with van der Waals surface area (Å²) in [5, 5.41) is 14.6. The van der Waals surface area contributed by atoms with Gasteiger partial charge in [0.2, 0.25) is 0 Å². The molecule has 1 N–H and O–H groups in total. The molecule has 0 saturated carbocycles. The van der Waals surface area contributed by atoms with Crippen molar-refractivity contribution in [2.75, 3.05) is 20.2 Å². The highest BCUT2D eigenvalue weighted by Crippen LogP contribution is 2.28. The molecule has 1 saturated heterocycles. The van der Waals surface area contributed by atoms with Crippen LogP contribution in [-0.2, 0) is 6.42 Å². The van der Waals surface area contributed by atoms with Gasteiger partial charge in [0.15, 0.2) is 0 Å². The van der Waals surface area contributed by atoms with Gasteiger partial charge in [-0.25, -0.2) is 10.0 Å². The lowest BCUT2D eigenvalue weighted by Crippen LogP contribution is -2.46. The molecule has 2 aromatic rings. The van der Waals surface area contributed by atoms with Crippen molar-refractivity contribution in [2.45, 2.75) is 31.3 Å². The van der Waals surface area contributed by atoms with Gasteiger partial charge in [0.1, 0.15) is 0 Å². The van der Waals surface area contributed by atoms with E-state index in [0.29, 0.717) is 6.04 Å². The summed E-state index contributed by atoms with van der Waals surface area (Å²) in [5.41, 5.74) is 2.56. The quantitative estimate of drug-likeness (QED) is 0.887. The number of aliphatic hydroxyl groups is 1. The summed E-state index contributed by atoms with van der Waals surface area (Å²) in [6.07, 6.45) is 3.50. The molecule has 1 fully saturated rings. The molecule has 1 heterocycles. The Morgan fingerprint density at radius 2 is 1.74 bits per heavy atom. The summed E-state index contributed by atoms with van der Waals surface area (Å²) in [6, 6.07) is 21.5. The van der Waals surface area contributed by atoms with E-state index < -0.39 is 0 Å². The molecular formula is C20H26N2O. The second-order valence-corrected chi connectivity index (χ2v) is 6.33. The zero-order valence-electron chi connectivity index (χ0n) is 13.8. The minimum atomic E-state index is 0.0209. The maximum Gasteiger partial charge on any atom is 0.0723 e. The van der Waals surface area contributed by atoms with Gasteiger partial charge in [-0.05, 0) is 30.4 Å². The topological polar surface area (TPSA) is 26.7 Å². The Labute approximate surface area is 139 Å². The minimum absolute atomic E-state index is 0.0209. The minimum Gasteiger partial charge on any atom is -0.394 e. The third-order valence-corrected chi connectivity index (χ3v) is 4.87. The molecule has 0 unspecified atom stereocenters. The standard InChI is InChI=1S/C20H26N2O/c1-21(20(16-23)18-11-6-3-7-12-18)22-14-8-13-19(22)15-17-9-4-2-5-10-17/h2-7,9-12,19-20,23H,8,13-16H2,1H3/t19-,20+/m1/s1. The molecule has 0 bridgehead atoms. The number of hydrogen-bond donors (Lipinski definition) is 1. The number of likely N-dealkylation sites (N-methyl/N-ethyl adjacent to an activating group) is 1. The van der Waals surface area contributed by atoms with Gasteiger partial charge < -0.3 is 5.11 Å². The highest BCUT2D eigenvalue weighted by Gasteiger charge is 2.31. The SMILES string of the molecule is CN([C@@H](CO)c1ccccc1)N1CCC[C@@H]1Cc1ccccc1. The van der Waals surface area contributed by atoms with Gasteiger partial charge in [0.25, 0.3) is 0 Å². The van der Waals surface area contributed by atoms with Gasteiger partial charge in [-0.1, -0.05) is 60.7 Å². The highest BCUT2D eigenvalue weighted by molar-refractivity contribution is 5.19.